The summed E-state index contributed by atoms with van der Waals surface area (Å²) in [7, 11) is 2.17. The number of rotatable bonds is 1. The molecule has 2 aliphatic rings. The minimum absolute atomic E-state index is 0.383. The Labute approximate surface area is 92.8 Å². The standard InChI is InChI=1S/C12H24N2O/c1-10-9-12(15,5-6-13-10)11-3-7-14(2)8-4-11/h10-11,13,15H,3-9H2,1-2H3. The molecule has 0 aromatic rings. The Morgan fingerprint density at radius 3 is 2.60 bits per heavy atom. The van der Waals surface area contributed by atoms with Gasteiger partial charge in [-0.2, -0.15) is 0 Å². The lowest BCUT2D eigenvalue weighted by Gasteiger charge is -2.45. The number of nitrogens with zero attached hydrogens (tertiary/aromatic N) is 1. The van der Waals surface area contributed by atoms with E-state index in [-0.39, 0.29) is 5.60 Å². The molecule has 3 nitrogen and oxygen atoms in total. The zero-order chi connectivity index (χ0) is 10.9. The molecule has 0 bridgehead atoms. The van der Waals surface area contributed by atoms with Crippen LogP contribution in [-0.2, 0) is 0 Å². The normalized spacial score (nSPS) is 40.6. The van der Waals surface area contributed by atoms with Crippen LogP contribution in [0.4, 0.5) is 0 Å². The Morgan fingerprint density at radius 2 is 2.00 bits per heavy atom. The molecule has 2 aliphatic heterocycles. The van der Waals surface area contributed by atoms with Crippen LogP contribution < -0.4 is 5.32 Å². The Balaban J connectivity index is 1.95. The lowest BCUT2D eigenvalue weighted by molar-refractivity contribution is -0.0706. The second-order valence-corrected chi connectivity index (χ2v) is 5.49. The predicted octanol–water partition coefficient (Wildman–Crippen LogP) is 0.831. The molecule has 0 aromatic heterocycles. The van der Waals surface area contributed by atoms with Gasteiger partial charge in [0.1, 0.15) is 0 Å². The third kappa shape index (κ3) is 2.52. The van der Waals surface area contributed by atoms with Gasteiger partial charge in [-0.1, -0.05) is 0 Å². The molecule has 15 heavy (non-hydrogen) atoms. The van der Waals surface area contributed by atoms with Gasteiger partial charge in [0.25, 0.3) is 0 Å². The minimum atomic E-state index is -0.383. The van der Waals surface area contributed by atoms with Crippen molar-refractivity contribution in [1.29, 1.82) is 0 Å². The summed E-state index contributed by atoms with van der Waals surface area (Å²) in [5, 5.41) is 14.1. The maximum Gasteiger partial charge on any atom is 0.0703 e. The van der Waals surface area contributed by atoms with E-state index in [4.69, 9.17) is 0 Å². The largest absolute Gasteiger partial charge is 0.389 e. The first-order valence-electron chi connectivity index (χ1n) is 6.24. The summed E-state index contributed by atoms with van der Waals surface area (Å²) in [6, 6.07) is 0.475. The molecule has 2 saturated heterocycles. The van der Waals surface area contributed by atoms with Crippen LogP contribution in [0.15, 0.2) is 0 Å². The Morgan fingerprint density at radius 1 is 1.33 bits per heavy atom. The van der Waals surface area contributed by atoms with Gasteiger partial charge in [-0.15, -0.1) is 0 Å². The van der Waals surface area contributed by atoms with E-state index < -0.39 is 0 Å². The van der Waals surface area contributed by atoms with E-state index in [1.54, 1.807) is 0 Å². The highest BCUT2D eigenvalue weighted by atomic mass is 16.3. The van der Waals surface area contributed by atoms with Gasteiger partial charge in [-0.25, -0.2) is 0 Å². The van der Waals surface area contributed by atoms with E-state index >= 15 is 0 Å². The second kappa shape index (κ2) is 4.40. The third-order valence-corrected chi connectivity index (χ3v) is 4.19. The SMILES string of the molecule is CC1CC(O)(C2CCN(C)CC2)CCN1. The second-order valence-electron chi connectivity index (χ2n) is 5.49. The van der Waals surface area contributed by atoms with Crippen LogP contribution in [-0.4, -0.2) is 48.3 Å². The molecule has 0 aromatic carbocycles. The highest BCUT2D eigenvalue weighted by molar-refractivity contribution is 4.95. The van der Waals surface area contributed by atoms with Gasteiger partial charge in [0.15, 0.2) is 0 Å². The van der Waals surface area contributed by atoms with Crippen molar-refractivity contribution >= 4 is 0 Å². The lowest BCUT2D eigenvalue weighted by Crippen LogP contribution is -2.53. The minimum Gasteiger partial charge on any atom is -0.389 e. The molecule has 0 aliphatic carbocycles. The van der Waals surface area contributed by atoms with Gasteiger partial charge in [0.05, 0.1) is 5.60 Å². The quantitative estimate of drug-likeness (QED) is 0.676. The fourth-order valence-electron chi connectivity index (χ4n) is 3.16. The van der Waals surface area contributed by atoms with Crippen molar-refractivity contribution in [2.45, 2.75) is 44.2 Å². The van der Waals surface area contributed by atoms with E-state index in [1.807, 2.05) is 0 Å². The lowest BCUT2D eigenvalue weighted by atomic mass is 9.73. The molecular formula is C12H24N2O. The average molecular weight is 212 g/mol. The van der Waals surface area contributed by atoms with Gasteiger partial charge in [0, 0.05) is 6.04 Å². The molecule has 3 heteroatoms. The molecule has 0 amide bonds. The fourth-order valence-corrected chi connectivity index (χ4v) is 3.16. The molecule has 0 spiro atoms. The van der Waals surface area contributed by atoms with E-state index in [9.17, 15) is 5.11 Å². The smallest absolute Gasteiger partial charge is 0.0703 e. The van der Waals surface area contributed by atoms with Crippen molar-refractivity contribution in [3.05, 3.63) is 0 Å². The van der Waals surface area contributed by atoms with Crippen LogP contribution >= 0.6 is 0 Å². The first-order valence-corrected chi connectivity index (χ1v) is 6.24. The Kier molecular flexibility index (Phi) is 3.33. The van der Waals surface area contributed by atoms with E-state index in [2.05, 4.69) is 24.2 Å². The van der Waals surface area contributed by atoms with Crippen molar-refractivity contribution in [3.8, 4) is 0 Å². The van der Waals surface area contributed by atoms with Crippen LogP contribution in [0, 0.1) is 5.92 Å². The number of likely N-dealkylation sites (tertiary alicyclic amines) is 1. The number of aliphatic hydroxyl groups is 1. The molecule has 0 radical (unpaired) electrons. The highest BCUT2D eigenvalue weighted by Gasteiger charge is 2.40. The fraction of sp³-hybridized carbons (Fsp3) is 1.00. The van der Waals surface area contributed by atoms with E-state index in [0.29, 0.717) is 12.0 Å². The molecular weight excluding hydrogens is 188 g/mol. The van der Waals surface area contributed by atoms with Crippen molar-refractivity contribution in [2.24, 2.45) is 5.92 Å². The molecule has 2 heterocycles. The molecule has 2 rings (SSSR count). The third-order valence-electron chi connectivity index (χ3n) is 4.19. The first-order chi connectivity index (χ1) is 7.10. The van der Waals surface area contributed by atoms with E-state index in [0.717, 1.165) is 32.5 Å². The first kappa shape index (κ1) is 11.4. The molecule has 88 valence electrons. The number of nitrogens with one attached hydrogen (secondary N) is 1. The Hall–Kier alpha value is -0.120. The predicted molar refractivity (Wildman–Crippen MR) is 61.9 cm³/mol. The molecule has 2 unspecified atom stereocenters. The molecule has 0 saturated carbocycles. The Bertz CT molecular complexity index is 214. The van der Waals surface area contributed by atoms with Gasteiger partial charge < -0.3 is 15.3 Å². The summed E-state index contributed by atoms with van der Waals surface area (Å²) in [5.74, 6) is 0.526. The summed E-state index contributed by atoms with van der Waals surface area (Å²) in [5.41, 5.74) is -0.383. The molecule has 2 N–H and O–H groups in total. The summed E-state index contributed by atoms with van der Waals surface area (Å²) in [6.45, 7) is 5.45. The molecule has 2 atom stereocenters. The van der Waals surface area contributed by atoms with Crippen LogP contribution in [0.5, 0.6) is 0 Å². The van der Waals surface area contributed by atoms with Gasteiger partial charge in [-0.3, -0.25) is 0 Å². The van der Waals surface area contributed by atoms with Crippen LogP contribution in [0.1, 0.15) is 32.6 Å². The van der Waals surface area contributed by atoms with Crippen LogP contribution in [0.3, 0.4) is 0 Å². The van der Waals surface area contributed by atoms with Crippen LogP contribution in [0.2, 0.25) is 0 Å². The zero-order valence-electron chi connectivity index (χ0n) is 10.00. The summed E-state index contributed by atoms with van der Waals surface area (Å²) in [6.07, 6.45) is 4.20. The van der Waals surface area contributed by atoms with Gasteiger partial charge in [0.2, 0.25) is 0 Å². The summed E-state index contributed by atoms with van der Waals surface area (Å²) in [4.78, 5) is 2.37. The topological polar surface area (TPSA) is 35.5 Å². The number of hydrogen-bond acceptors (Lipinski definition) is 3. The summed E-state index contributed by atoms with van der Waals surface area (Å²) >= 11 is 0. The van der Waals surface area contributed by atoms with E-state index in [1.165, 1.54) is 12.8 Å². The van der Waals surface area contributed by atoms with Crippen LogP contribution in [0.25, 0.3) is 0 Å². The van der Waals surface area contributed by atoms with Crippen molar-refractivity contribution in [1.82, 2.24) is 10.2 Å². The number of piperidine rings is 2. The van der Waals surface area contributed by atoms with Crippen molar-refractivity contribution < 1.29 is 5.11 Å². The average Bonchev–Trinajstić information content (AvgIpc) is 2.18. The van der Waals surface area contributed by atoms with Gasteiger partial charge >= 0.3 is 0 Å². The van der Waals surface area contributed by atoms with Crippen molar-refractivity contribution in [3.63, 3.8) is 0 Å². The molecule has 2 fully saturated rings. The highest BCUT2D eigenvalue weighted by Crippen LogP contribution is 2.35. The zero-order valence-corrected chi connectivity index (χ0v) is 10.00. The summed E-state index contributed by atoms with van der Waals surface area (Å²) < 4.78 is 0. The maximum absolute atomic E-state index is 10.7. The monoisotopic (exact) mass is 212 g/mol. The van der Waals surface area contributed by atoms with Gasteiger partial charge in [-0.05, 0) is 65.2 Å². The van der Waals surface area contributed by atoms with Crippen molar-refractivity contribution in [2.75, 3.05) is 26.7 Å². The number of hydrogen-bond donors (Lipinski definition) is 2. The maximum atomic E-state index is 10.7.